The van der Waals surface area contributed by atoms with Gasteiger partial charge < -0.3 is 4.74 Å². The van der Waals surface area contributed by atoms with E-state index in [9.17, 15) is 4.79 Å². The van der Waals surface area contributed by atoms with Gasteiger partial charge in [-0.2, -0.15) is 0 Å². The van der Waals surface area contributed by atoms with Crippen LogP contribution in [0.2, 0.25) is 0 Å². The standard InChI is InChI=1S/C14H19NO2/c1-11(10-12(2)16)15-9-8-13-4-6-14(17-3)7-5-13/h4-7H,8-10H2,1-3H3. The number of nitrogens with zero attached hydrogens (tertiary/aromatic N) is 1. The van der Waals surface area contributed by atoms with Gasteiger partial charge in [0.05, 0.1) is 7.11 Å². The number of carbonyl (C=O) groups is 1. The van der Waals surface area contributed by atoms with Crippen molar-refractivity contribution in [2.45, 2.75) is 26.7 Å². The van der Waals surface area contributed by atoms with E-state index in [0.29, 0.717) is 6.42 Å². The van der Waals surface area contributed by atoms with Gasteiger partial charge in [0, 0.05) is 18.7 Å². The number of hydrogen-bond acceptors (Lipinski definition) is 3. The molecule has 0 aliphatic heterocycles. The van der Waals surface area contributed by atoms with Crippen molar-refractivity contribution in [1.82, 2.24) is 0 Å². The lowest BCUT2D eigenvalue weighted by molar-refractivity contribution is -0.115. The summed E-state index contributed by atoms with van der Waals surface area (Å²) in [4.78, 5) is 15.2. The molecule has 0 heterocycles. The van der Waals surface area contributed by atoms with Crippen molar-refractivity contribution in [2.75, 3.05) is 13.7 Å². The molecule has 0 radical (unpaired) electrons. The van der Waals surface area contributed by atoms with E-state index in [1.807, 2.05) is 31.2 Å². The fourth-order valence-corrected chi connectivity index (χ4v) is 1.58. The maximum Gasteiger partial charge on any atom is 0.135 e. The van der Waals surface area contributed by atoms with E-state index in [1.165, 1.54) is 5.56 Å². The van der Waals surface area contributed by atoms with Gasteiger partial charge in [-0.15, -0.1) is 0 Å². The minimum atomic E-state index is 0.163. The van der Waals surface area contributed by atoms with Gasteiger partial charge in [-0.1, -0.05) is 12.1 Å². The molecule has 17 heavy (non-hydrogen) atoms. The van der Waals surface area contributed by atoms with Crippen molar-refractivity contribution >= 4 is 11.5 Å². The van der Waals surface area contributed by atoms with Gasteiger partial charge in [0.1, 0.15) is 11.5 Å². The summed E-state index contributed by atoms with van der Waals surface area (Å²) in [6.07, 6.45) is 1.35. The highest BCUT2D eigenvalue weighted by molar-refractivity contribution is 5.99. The number of ether oxygens (including phenoxy) is 1. The zero-order chi connectivity index (χ0) is 12.7. The fraction of sp³-hybridized carbons (Fsp3) is 0.429. The third-order valence-electron chi connectivity index (χ3n) is 2.45. The molecule has 0 amide bonds. The van der Waals surface area contributed by atoms with Gasteiger partial charge in [-0.3, -0.25) is 9.79 Å². The van der Waals surface area contributed by atoms with Gasteiger partial charge in [-0.25, -0.2) is 0 Å². The van der Waals surface area contributed by atoms with Crippen LogP contribution in [0.1, 0.15) is 25.8 Å². The molecule has 0 aliphatic carbocycles. The Kier molecular flexibility index (Phi) is 5.40. The molecule has 1 aromatic rings. The first kappa shape index (κ1) is 13.4. The molecule has 0 aliphatic rings. The first-order valence-corrected chi connectivity index (χ1v) is 5.74. The van der Waals surface area contributed by atoms with Crippen LogP contribution in [0.25, 0.3) is 0 Å². The molecule has 0 bridgehead atoms. The highest BCUT2D eigenvalue weighted by atomic mass is 16.5. The molecule has 1 rings (SSSR count). The summed E-state index contributed by atoms with van der Waals surface area (Å²) in [6.45, 7) is 4.21. The Hall–Kier alpha value is -1.64. The van der Waals surface area contributed by atoms with Crippen molar-refractivity contribution in [3.63, 3.8) is 0 Å². The average Bonchev–Trinajstić information content (AvgIpc) is 2.29. The summed E-state index contributed by atoms with van der Waals surface area (Å²) in [5.41, 5.74) is 2.14. The maximum atomic E-state index is 10.9. The first-order valence-electron chi connectivity index (χ1n) is 5.74. The normalized spacial score (nSPS) is 11.4. The summed E-state index contributed by atoms with van der Waals surface area (Å²) in [6, 6.07) is 7.96. The average molecular weight is 233 g/mol. The third kappa shape index (κ3) is 5.29. The minimum absolute atomic E-state index is 0.163. The predicted octanol–water partition coefficient (Wildman–Crippen LogP) is 2.68. The predicted molar refractivity (Wildman–Crippen MR) is 70.0 cm³/mol. The van der Waals surface area contributed by atoms with Gasteiger partial charge in [0.2, 0.25) is 0 Å². The second-order valence-electron chi connectivity index (χ2n) is 4.09. The number of carbonyl (C=O) groups excluding carboxylic acids is 1. The third-order valence-corrected chi connectivity index (χ3v) is 2.45. The molecule has 0 fully saturated rings. The maximum absolute atomic E-state index is 10.9. The van der Waals surface area contributed by atoms with Crippen LogP contribution in [0.4, 0.5) is 0 Å². The van der Waals surface area contributed by atoms with Crippen LogP contribution in [-0.2, 0) is 11.2 Å². The van der Waals surface area contributed by atoms with E-state index < -0.39 is 0 Å². The second-order valence-corrected chi connectivity index (χ2v) is 4.09. The van der Waals surface area contributed by atoms with Gasteiger partial charge >= 0.3 is 0 Å². The summed E-state index contributed by atoms with van der Waals surface area (Å²) in [5, 5.41) is 0. The van der Waals surface area contributed by atoms with Crippen molar-refractivity contribution in [1.29, 1.82) is 0 Å². The first-order chi connectivity index (χ1) is 8.11. The highest BCUT2D eigenvalue weighted by Gasteiger charge is 1.97. The zero-order valence-electron chi connectivity index (χ0n) is 10.7. The smallest absolute Gasteiger partial charge is 0.135 e. The topological polar surface area (TPSA) is 38.7 Å². The molecule has 3 nitrogen and oxygen atoms in total. The van der Waals surface area contributed by atoms with E-state index >= 15 is 0 Å². The van der Waals surface area contributed by atoms with Crippen molar-refractivity contribution < 1.29 is 9.53 Å². The van der Waals surface area contributed by atoms with Crippen LogP contribution in [-0.4, -0.2) is 25.1 Å². The summed E-state index contributed by atoms with van der Waals surface area (Å²) in [7, 11) is 1.66. The highest BCUT2D eigenvalue weighted by Crippen LogP contribution is 2.11. The zero-order valence-corrected chi connectivity index (χ0v) is 10.7. The lowest BCUT2D eigenvalue weighted by Gasteiger charge is -2.02. The van der Waals surface area contributed by atoms with Crippen molar-refractivity contribution in [3.05, 3.63) is 29.8 Å². The number of ketones is 1. The van der Waals surface area contributed by atoms with Gasteiger partial charge in [0.25, 0.3) is 0 Å². The molecular formula is C14H19NO2. The lowest BCUT2D eigenvalue weighted by atomic mass is 10.1. The van der Waals surface area contributed by atoms with E-state index in [1.54, 1.807) is 14.0 Å². The van der Waals surface area contributed by atoms with E-state index in [2.05, 4.69) is 4.99 Å². The molecule has 3 heteroatoms. The van der Waals surface area contributed by atoms with E-state index in [0.717, 1.165) is 24.4 Å². The fourth-order valence-electron chi connectivity index (χ4n) is 1.58. The molecule has 0 saturated heterocycles. The van der Waals surface area contributed by atoms with Crippen molar-refractivity contribution in [2.24, 2.45) is 4.99 Å². The Balaban J connectivity index is 2.42. The number of Topliss-reactive ketones (excluding diaryl/α,β-unsaturated/α-hetero) is 1. The summed E-state index contributed by atoms with van der Waals surface area (Å²) >= 11 is 0. The number of rotatable bonds is 6. The van der Waals surface area contributed by atoms with Crippen molar-refractivity contribution in [3.8, 4) is 5.75 Å². The Morgan fingerprint density at radius 2 is 1.88 bits per heavy atom. The van der Waals surface area contributed by atoms with E-state index in [4.69, 9.17) is 4.74 Å². The van der Waals surface area contributed by atoms with E-state index in [-0.39, 0.29) is 5.78 Å². The lowest BCUT2D eigenvalue weighted by Crippen LogP contribution is -2.01. The number of aliphatic imine (C=N–C) groups is 1. The van der Waals surface area contributed by atoms with Crippen LogP contribution in [0, 0.1) is 0 Å². The van der Waals surface area contributed by atoms with Gasteiger partial charge in [-0.05, 0) is 38.0 Å². The Bertz CT molecular complexity index is 393. The number of hydrogen-bond donors (Lipinski definition) is 0. The molecule has 0 spiro atoms. The molecule has 92 valence electrons. The molecule has 0 atom stereocenters. The molecule has 0 aromatic heterocycles. The second kappa shape index (κ2) is 6.84. The quantitative estimate of drug-likeness (QED) is 0.708. The number of methoxy groups -OCH3 is 1. The number of benzene rings is 1. The largest absolute Gasteiger partial charge is 0.497 e. The Morgan fingerprint density at radius 1 is 1.24 bits per heavy atom. The Labute approximate surface area is 103 Å². The SMILES string of the molecule is COc1ccc(CCN=C(C)CC(C)=O)cc1. The van der Waals surface area contributed by atoms with Crippen LogP contribution < -0.4 is 4.74 Å². The molecule has 0 N–H and O–H groups in total. The summed E-state index contributed by atoms with van der Waals surface area (Å²) < 4.78 is 5.09. The monoisotopic (exact) mass is 233 g/mol. The minimum Gasteiger partial charge on any atom is -0.497 e. The van der Waals surface area contributed by atoms with Crippen LogP contribution in [0.5, 0.6) is 5.75 Å². The molecular weight excluding hydrogens is 214 g/mol. The van der Waals surface area contributed by atoms with Crippen LogP contribution in [0.15, 0.2) is 29.3 Å². The van der Waals surface area contributed by atoms with Crippen LogP contribution in [0.3, 0.4) is 0 Å². The molecule has 0 saturated carbocycles. The van der Waals surface area contributed by atoms with Gasteiger partial charge in [0.15, 0.2) is 0 Å². The summed E-state index contributed by atoms with van der Waals surface area (Å²) in [5.74, 6) is 1.03. The molecule has 1 aromatic carbocycles. The molecule has 0 unspecified atom stereocenters. The van der Waals surface area contributed by atoms with Crippen LogP contribution >= 0.6 is 0 Å². The Morgan fingerprint density at radius 3 is 2.41 bits per heavy atom.